The molecule has 0 radical (unpaired) electrons. The van der Waals surface area contributed by atoms with Gasteiger partial charge in [-0.3, -0.25) is 14.4 Å². The highest BCUT2D eigenvalue weighted by Gasteiger charge is 2.33. The fourth-order valence-corrected chi connectivity index (χ4v) is 5.20. The summed E-state index contributed by atoms with van der Waals surface area (Å²) in [5, 5.41) is 2.23. The summed E-state index contributed by atoms with van der Waals surface area (Å²) in [5.74, 6) is 1.35. The predicted molar refractivity (Wildman–Crippen MR) is 143 cm³/mol. The molecule has 0 saturated carbocycles. The van der Waals surface area contributed by atoms with Gasteiger partial charge in [0.15, 0.2) is 0 Å². The molecule has 2 aliphatic heterocycles. The van der Waals surface area contributed by atoms with Crippen LogP contribution in [0.5, 0.6) is 11.5 Å². The van der Waals surface area contributed by atoms with E-state index in [4.69, 9.17) is 9.47 Å². The van der Waals surface area contributed by atoms with Gasteiger partial charge in [0.1, 0.15) is 17.5 Å². The third-order valence-electron chi connectivity index (χ3n) is 6.36. The van der Waals surface area contributed by atoms with Crippen LogP contribution in [0.4, 0.5) is 16.2 Å². The average Bonchev–Trinajstić information content (AvgIpc) is 3.24. The van der Waals surface area contributed by atoms with Crippen molar-refractivity contribution in [2.24, 2.45) is 0 Å². The van der Waals surface area contributed by atoms with Crippen LogP contribution in [0.2, 0.25) is 0 Å². The van der Waals surface area contributed by atoms with Crippen LogP contribution in [0.15, 0.2) is 72.8 Å². The summed E-state index contributed by atoms with van der Waals surface area (Å²) in [5.41, 5.74) is 3.33. The highest BCUT2D eigenvalue weighted by atomic mass is 32.2. The van der Waals surface area contributed by atoms with E-state index in [1.54, 1.807) is 7.11 Å². The maximum Gasteiger partial charge on any atom is 0.287 e. The summed E-state index contributed by atoms with van der Waals surface area (Å²) >= 11 is 0.722. The molecule has 2 heterocycles. The number of methoxy groups -OCH3 is 1. The van der Waals surface area contributed by atoms with Crippen LogP contribution in [-0.4, -0.2) is 54.1 Å². The van der Waals surface area contributed by atoms with Gasteiger partial charge in [-0.15, -0.1) is 0 Å². The van der Waals surface area contributed by atoms with Crippen molar-refractivity contribution in [2.45, 2.75) is 18.9 Å². The zero-order valence-corrected chi connectivity index (χ0v) is 21.2. The minimum absolute atomic E-state index is 0.0304. The van der Waals surface area contributed by atoms with Crippen LogP contribution in [0.25, 0.3) is 0 Å². The van der Waals surface area contributed by atoms with E-state index in [2.05, 4.69) is 10.2 Å². The van der Waals surface area contributed by atoms with Gasteiger partial charge < -0.3 is 24.6 Å². The van der Waals surface area contributed by atoms with Gasteiger partial charge >= 0.3 is 0 Å². The van der Waals surface area contributed by atoms with E-state index in [-0.39, 0.29) is 16.3 Å². The van der Waals surface area contributed by atoms with Gasteiger partial charge in [0.25, 0.3) is 11.1 Å². The topological polar surface area (TPSA) is 88.2 Å². The second kappa shape index (κ2) is 11.0. The normalized spacial score (nSPS) is 17.0. The third-order valence-corrected chi connectivity index (χ3v) is 7.15. The number of para-hydroxylation sites is 2. The number of nitrogens with one attached hydrogen (secondary N) is 1. The lowest BCUT2D eigenvalue weighted by Crippen LogP contribution is -2.45. The lowest BCUT2D eigenvalue weighted by Gasteiger charge is -2.38. The Balaban J connectivity index is 1.19. The summed E-state index contributed by atoms with van der Waals surface area (Å²) in [6, 6.07) is 22.5. The van der Waals surface area contributed by atoms with Gasteiger partial charge in [0, 0.05) is 30.4 Å². The molecule has 3 aromatic rings. The van der Waals surface area contributed by atoms with Crippen molar-refractivity contribution in [3.05, 3.63) is 83.9 Å². The third kappa shape index (κ3) is 5.41. The van der Waals surface area contributed by atoms with Crippen molar-refractivity contribution >= 4 is 39.4 Å². The monoisotopic (exact) mass is 517 g/mol. The minimum atomic E-state index is -0.480. The number of amides is 2. The molecular formula is C28H27N3O5S. The van der Waals surface area contributed by atoms with Crippen LogP contribution in [0.1, 0.15) is 22.3 Å². The van der Waals surface area contributed by atoms with E-state index in [0.717, 1.165) is 28.7 Å². The Morgan fingerprint density at radius 3 is 2.46 bits per heavy atom. The number of carbonyl (C=O) groups excluding carboxylic acids is 3. The van der Waals surface area contributed by atoms with Gasteiger partial charge in [-0.1, -0.05) is 36.4 Å². The van der Waals surface area contributed by atoms with Crippen molar-refractivity contribution in [1.82, 2.24) is 10.2 Å². The van der Waals surface area contributed by atoms with Crippen LogP contribution in [0.3, 0.4) is 0 Å². The molecule has 2 aliphatic rings. The first-order valence-corrected chi connectivity index (χ1v) is 12.9. The van der Waals surface area contributed by atoms with Crippen LogP contribution in [-0.2, 0) is 11.2 Å². The number of thioether (sulfide) groups is 1. The Morgan fingerprint density at radius 1 is 0.973 bits per heavy atom. The van der Waals surface area contributed by atoms with Gasteiger partial charge in [-0.25, -0.2) is 0 Å². The Bertz CT molecular complexity index is 1300. The Labute approximate surface area is 219 Å². The zero-order valence-electron chi connectivity index (χ0n) is 20.4. The maximum absolute atomic E-state index is 13.3. The number of anilines is 2. The molecule has 3 aromatic carbocycles. The molecule has 1 N–H and O–H groups in total. The number of fused-ring (bicyclic) bond motifs is 1. The van der Waals surface area contributed by atoms with E-state index < -0.39 is 6.04 Å². The number of ether oxygens (including phenoxy) is 2. The van der Waals surface area contributed by atoms with Crippen molar-refractivity contribution < 1.29 is 23.9 Å². The van der Waals surface area contributed by atoms with Crippen LogP contribution >= 0.6 is 11.8 Å². The van der Waals surface area contributed by atoms with Crippen molar-refractivity contribution in [2.75, 3.05) is 31.8 Å². The largest absolute Gasteiger partial charge is 0.495 e. The molecule has 0 aliphatic carbocycles. The van der Waals surface area contributed by atoms with E-state index in [1.165, 1.54) is 0 Å². The van der Waals surface area contributed by atoms with E-state index in [1.807, 2.05) is 77.7 Å². The Kier molecular flexibility index (Phi) is 7.32. The minimum Gasteiger partial charge on any atom is -0.495 e. The predicted octanol–water partition coefficient (Wildman–Crippen LogP) is 4.61. The molecular weight excluding hydrogens is 490 g/mol. The quantitative estimate of drug-likeness (QED) is 0.415. The molecule has 0 spiro atoms. The number of hydrogen-bond donors (Lipinski definition) is 1. The second-order valence-electron chi connectivity index (χ2n) is 8.79. The zero-order chi connectivity index (χ0) is 25.8. The fraction of sp³-hybridized carbons (Fsp3) is 0.250. The molecule has 1 unspecified atom stereocenters. The van der Waals surface area contributed by atoms with E-state index in [0.29, 0.717) is 49.7 Å². The summed E-state index contributed by atoms with van der Waals surface area (Å²) in [7, 11) is 1.62. The number of rotatable bonds is 9. The average molecular weight is 518 g/mol. The molecule has 0 aromatic heterocycles. The van der Waals surface area contributed by atoms with E-state index in [9.17, 15) is 14.4 Å². The standard InChI is InChI=1S/C28H27N3O5S/c1-35-24-10-5-9-22-25(24)31(20-7-3-2-4-8-20)18-30(26(22)32)15-6-16-36-21-13-11-19(12-14-21)17-23-27(33)37-28(34)29-23/h2-5,7-14,23H,6,15-18H2,1H3,(H,29,34). The second-order valence-corrected chi connectivity index (χ2v) is 9.76. The van der Waals surface area contributed by atoms with Gasteiger partial charge in [-0.05, 0) is 48.4 Å². The molecule has 190 valence electrons. The first-order valence-electron chi connectivity index (χ1n) is 12.1. The summed E-state index contributed by atoms with van der Waals surface area (Å²) in [6.45, 7) is 1.41. The van der Waals surface area contributed by atoms with Crippen LogP contribution < -0.4 is 19.7 Å². The van der Waals surface area contributed by atoms with Crippen molar-refractivity contribution in [1.29, 1.82) is 0 Å². The number of hydrogen-bond acceptors (Lipinski definition) is 7. The maximum atomic E-state index is 13.3. The first kappa shape index (κ1) is 24.7. The van der Waals surface area contributed by atoms with Gasteiger partial charge in [0.05, 0.1) is 31.6 Å². The molecule has 9 heteroatoms. The Morgan fingerprint density at radius 2 is 1.76 bits per heavy atom. The Hall–Kier alpha value is -3.98. The van der Waals surface area contributed by atoms with Gasteiger partial charge in [-0.2, -0.15) is 0 Å². The lowest BCUT2D eigenvalue weighted by molar-refractivity contribution is -0.112. The lowest BCUT2D eigenvalue weighted by atomic mass is 10.1. The molecule has 1 atom stereocenters. The highest BCUT2D eigenvalue weighted by molar-refractivity contribution is 8.26. The number of benzene rings is 3. The summed E-state index contributed by atoms with van der Waals surface area (Å²) in [6.07, 6.45) is 1.12. The number of nitrogens with zero attached hydrogens (tertiary/aromatic N) is 2. The van der Waals surface area contributed by atoms with E-state index >= 15 is 0 Å². The SMILES string of the molecule is COc1cccc2c1N(c1ccccc1)CN(CCCOc1ccc(CC3NC(=O)SC3=O)cc1)C2=O. The highest BCUT2D eigenvalue weighted by Crippen LogP contribution is 2.40. The molecule has 1 saturated heterocycles. The van der Waals surface area contributed by atoms with Crippen molar-refractivity contribution in [3.8, 4) is 11.5 Å². The summed E-state index contributed by atoms with van der Waals surface area (Å²) < 4.78 is 11.5. The van der Waals surface area contributed by atoms with Crippen LogP contribution in [0, 0.1) is 0 Å². The smallest absolute Gasteiger partial charge is 0.287 e. The van der Waals surface area contributed by atoms with Gasteiger partial charge in [0.2, 0.25) is 5.12 Å². The molecule has 1 fully saturated rings. The fourth-order valence-electron chi connectivity index (χ4n) is 4.54. The summed E-state index contributed by atoms with van der Waals surface area (Å²) in [4.78, 5) is 40.4. The number of carbonyl (C=O) groups is 3. The molecule has 5 rings (SSSR count). The molecule has 0 bridgehead atoms. The van der Waals surface area contributed by atoms with Crippen molar-refractivity contribution in [3.63, 3.8) is 0 Å². The molecule has 2 amide bonds. The molecule has 37 heavy (non-hydrogen) atoms. The first-order chi connectivity index (χ1) is 18.0. The molecule has 8 nitrogen and oxygen atoms in total.